The van der Waals surface area contributed by atoms with Gasteiger partial charge in [-0.15, -0.1) is 11.3 Å². The largest absolute Gasteiger partial charge is 0.493 e. The van der Waals surface area contributed by atoms with E-state index in [0.717, 1.165) is 35.5 Å². The Morgan fingerprint density at radius 2 is 2.19 bits per heavy atom. The van der Waals surface area contributed by atoms with Crippen LogP contribution in [0.15, 0.2) is 34.1 Å². The fourth-order valence-electron chi connectivity index (χ4n) is 1.96. The summed E-state index contributed by atoms with van der Waals surface area (Å²) >= 11 is 5.27. The smallest absolute Gasteiger partial charge is 0.175 e. The Bertz CT molecular complexity index is 558. The molecule has 1 heterocycles. The van der Waals surface area contributed by atoms with E-state index in [-0.39, 0.29) is 0 Å². The Morgan fingerprint density at radius 3 is 2.86 bits per heavy atom. The van der Waals surface area contributed by atoms with Crippen molar-refractivity contribution in [2.24, 2.45) is 0 Å². The Morgan fingerprint density at radius 1 is 1.33 bits per heavy atom. The van der Waals surface area contributed by atoms with Gasteiger partial charge < -0.3 is 14.8 Å². The van der Waals surface area contributed by atoms with Crippen LogP contribution in [0.1, 0.15) is 23.8 Å². The summed E-state index contributed by atoms with van der Waals surface area (Å²) < 4.78 is 12.3. The lowest BCUT2D eigenvalue weighted by Crippen LogP contribution is -2.14. The summed E-state index contributed by atoms with van der Waals surface area (Å²) in [5.41, 5.74) is 1.18. The summed E-state index contributed by atoms with van der Waals surface area (Å²) in [6.07, 6.45) is 1.13. The van der Waals surface area contributed by atoms with Crippen molar-refractivity contribution in [1.29, 1.82) is 0 Å². The van der Waals surface area contributed by atoms with Gasteiger partial charge in [-0.2, -0.15) is 0 Å². The third kappa shape index (κ3) is 4.73. The number of ether oxygens (including phenoxy) is 2. The molecule has 2 aromatic rings. The van der Waals surface area contributed by atoms with Gasteiger partial charge in [0.15, 0.2) is 11.5 Å². The highest BCUT2D eigenvalue weighted by atomic mass is 79.9. The Hall–Kier alpha value is -1.04. The zero-order valence-electron chi connectivity index (χ0n) is 12.3. The normalized spacial score (nSPS) is 10.6. The summed E-state index contributed by atoms with van der Waals surface area (Å²) in [5.74, 6) is 1.51. The average Bonchev–Trinajstić information content (AvgIpc) is 2.99. The lowest BCUT2D eigenvalue weighted by molar-refractivity contribution is 0.285. The molecule has 0 saturated carbocycles. The van der Waals surface area contributed by atoms with Crippen molar-refractivity contribution in [3.05, 3.63) is 44.6 Å². The lowest BCUT2D eigenvalue weighted by Gasteiger charge is -2.14. The van der Waals surface area contributed by atoms with Gasteiger partial charge in [-0.25, -0.2) is 0 Å². The van der Waals surface area contributed by atoms with E-state index in [1.165, 1.54) is 10.4 Å². The third-order valence-corrected chi connectivity index (χ3v) is 4.42. The number of thiophene rings is 1. The third-order valence-electron chi connectivity index (χ3n) is 2.98. The van der Waals surface area contributed by atoms with E-state index in [1.807, 2.05) is 17.5 Å². The van der Waals surface area contributed by atoms with E-state index in [2.05, 4.69) is 40.3 Å². The van der Waals surface area contributed by atoms with Crippen LogP contribution in [0, 0.1) is 0 Å². The number of nitrogens with one attached hydrogen (secondary N) is 1. The predicted molar refractivity (Wildman–Crippen MR) is 91.3 cm³/mol. The Balaban J connectivity index is 2.09. The second-order valence-electron chi connectivity index (χ2n) is 4.65. The molecule has 0 saturated heterocycles. The molecule has 0 fully saturated rings. The van der Waals surface area contributed by atoms with Crippen molar-refractivity contribution >= 4 is 27.3 Å². The zero-order valence-corrected chi connectivity index (χ0v) is 14.7. The SMILES string of the molecule is CCCNCc1cc(Br)c(OCc2cccs2)c(OC)c1. The molecule has 5 heteroatoms. The zero-order chi connectivity index (χ0) is 15.1. The van der Waals surface area contributed by atoms with E-state index in [4.69, 9.17) is 9.47 Å². The maximum absolute atomic E-state index is 5.90. The topological polar surface area (TPSA) is 30.5 Å². The molecule has 2 rings (SSSR count). The molecule has 0 atom stereocenters. The van der Waals surface area contributed by atoms with Crippen LogP contribution in [0.4, 0.5) is 0 Å². The van der Waals surface area contributed by atoms with Gasteiger partial charge >= 0.3 is 0 Å². The van der Waals surface area contributed by atoms with E-state index < -0.39 is 0 Å². The summed E-state index contributed by atoms with van der Waals surface area (Å²) in [7, 11) is 1.67. The second kappa shape index (κ2) is 8.41. The van der Waals surface area contributed by atoms with Gasteiger partial charge in [-0.1, -0.05) is 13.0 Å². The van der Waals surface area contributed by atoms with E-state index in [9.17, 15) is 0 Å². The van der Waals surface area contributed by atoms with Crippen molar-refractivity contribution in [3.63, 3.8) is 0 Å². The van der Waals surface area contributed by atoms with Gasteiger partial charge in [-0.05, 0) is 58.0 Å². The number of hydrogen-bond donors (Lipinski definition) is 1. The fourth-order valence-corrected chi connectivity index (χ4v) is 3.18. The van der Waals surface area contributed by atoms with Crippen LogP contribution in [0.5, 0.6) is 11.5 Å². The lowest BCUT2D eigenvalue weighted by atomic mass is 10.2. The molecule has 1 N–H and O–H groups in total. The molecular weight excluding hydrogens is 350 g/mol. The van der Waals surface area contributed by atoms with E-state index in [0.29, 0.717) is 6.61 Å². The number of benzene rings is 1. The second-order valence-corrected chi connectivity index (χ2v) is 6.54. The highest BCUT2D eigenvalue weighted by molar-refractivity contribution is 9.10. The molecule has 1 aromatic heterocycles. The summed E-state index contributed by atoms with van der Waals surface area (Å²) in [6.45, 7) is 4.55. The van der Waals surface area contributed by atoms with Crippen molar-refractivity contribution in [2.45, 2.75) is 26.5 Å². The van der Waals surface area contributed by atoms with Crippen molar-refractivity contribution in [3.8, 4) is 11.5 Å². The number of halogens is 1. The minimum Gasteiger partial charge on any atom is -0.493 e. The first kappa shape index (κ1) is 16.3. The van der Waals surface area contributed by atoms with Gasteiger partial charge in [0.05, 0.1) is 11.6 Å². The first-order valence-corrected chi connectivity index (χ1v) is 8.64. The van der Waals surface area contributed by atoms with E-state index >= 15 is 0 Å². The van der Waals surface area contributed by atoms with Gasteiger partial charge in [0.2, 0.25) is 0 Å². The van der Waals surface area contributed by atoms with Crippen LogP contribution in [-0.2, 0) is 13.2 Å². The molecule has 114 valence electrons. The molecule has 1 aromatic carbocycles. The van der Waals surface area contributed by atoms with Gasteiger partial charge in [0, 0.05) is 11.4 Å². The summed E-state index contributed by atoms with van der Waals surface area (Å²) in [6, 6.07) is 8.19. The minimum atomic E-state index is 0.556. The quantitative estimate of drug-likeness (QED) is 0.689. The molecule has 0 amide bonds. The molecular formula is C16H20BrNO2S. The Kier molecular flexibility index (Phi) is 6.54. The fraction of sp³-hybridized carbons (Fsp3) is 0.375. The highest BCUT2D eigenvalue weighted by Gasteiger charge is 2.12. The number of methoxy groups -OCH3 is 1. The maximum Gasteiger partial charge on any atom is 0.175 e. The monoisotopic (exact) mass is 369 g/mol. The van der Waals surface area contributed by atoms with Gasteiger partial charge in [0.1, 0.15) is 6.61 Å². The number of rotatable bonds is 8. The molecule has 0 spiro atoms. The molecule has 0 aliphatic heterocycles. The van der Waals surface area contributed by atoms with Crippen LogP contribution in [0.3, 0.4) is 0 Å². The number of hydrogen-bond acceptors (Lipinski definition) is 4. The molecule has 0 aliphatic rings. The standard InChI is InChI=1S/C16H20BrNO2S/c1-3-6-18-10-12-8-14(17)16(15(9-12)19-2)20-11-13-5-4-7-21-13/h4-5,7-9,18H,3,6,10-11H2,1-2H3. The van der Waals surface area contributed by atoms with Crippen LogP contribution in [-0.4, -0.2) is 13.7 Å². The van der Waals surface area contributed by atoms with Gasteiger partial charge in [0.25, 0.3) is 0 Å². The van der Waals surface area contributed by atoms with E-state index in [1.54, 1.807) is 18.4 Å². The summed E-state index contributed by atoms with van der Waals surface area (Å²) in [5, 5.41) is 5.44. The van der Waals surface area contributed by atoms with Crippen LogP contribution >= 0.6 is 27.3 Å². The molecule has 3 nitrogen and oxygen atoms in total. The van der Waals surface area contributed by atoms with Crippen LogP contribution in [0.2, 0.25) is 0 Å². The molecule has 0 radical (unpaired) electrons. The van der Waals surface area contributed by atoms with Gasteiger partial charge in [-0.3, -0.25) is 0 Å². The predicted octanol–water partition coefficient (Wildman–Crippen LogP) is 4.60. The highest BCUT2D eigenvalue weighted by Crippen LogP contribution is 2.37. The van der Waals surface area contributed by atoms with Crippen LogP contribution in [0.25, 0.3) is 0 Å². The maximum atomic E-state index is 5.90. The van der Waals surface area contributed by atoms with Crippen molar-refractivity contribution < 1.29 is 9.47 Å². The first-order chi connectivity index (χ1) is 10.2. The molecule has 21 heavy (non-hydrogen) atoms. The van der Waals surface area contributed by atoms with Crippen molar-refractivity contribution in [1.82, 2.24) is 5.32 Å². The Labute approximate surface area is 138 Å². The van der Waals surface area contributed by atoms with Crippen LogP contribution < -0.4 is 14.8 Å². The molecule has 0 aliphatic carbocycles. The minimum absolute atomic E-state index is 0.556. The summed E-state index contributed by atoms with van der Waals surface area (Å²) in [4.78, 5) is 1.19. The van der Waals surface area contributed by atoms with Crippen molar-refractivity contribution in [2.75, 3.05) is 13.7 Å². The molecule has 0 unspecified atom stereocenters. The average molecular weight is 370 g/mol. The molecule has 0 bridgehead atoms. The first-order valence-electron chi connectivity index (χ1n) is 6.97.